The molecule has 1 amide bonds. The number of rotatable bonds is 7. The molecule has 1 aromatic heterocycles. The highest BCUT2D eigenvalue weighted by atomic mass is 16.5. The molecule has 1 saturated carbocycles. The van der Waals surface area contributed by atoms with Crippen molar-refractivity contribution in [1.29, 1.82) is 0 Å². The molecule has 6 nitrogen and oxygen atoms in total. The number of hydrogen-bond acceptors (Lipinski definition) is 5. The monoisotopic (exact) mass is 381 g/mol. The second-order valence-corrected chi connectivity index (χ2v) is 7.53. The molecule has 2 aromatic rings. The summed E-state index contributed by atoms with van der Waals surface area (Å²) in [6.07, 6.45) is 5.98. The Kier molecular flexibility index (Phi) is 5.76. The summed E-state index contributed by atoms with van der Waals surface area (Å²) in [7, 11) is 1.63. The van der Waals surface area contributed by atoms with E-state index in [-0.39, 0.29) is 12.0 Å². The van der Waals surface area contributed by atoms with Crippen LogP contribution in [0.2, 0.25) is 0 Å². The summed E-state index contributed by atoms with van der Waals surface area (Å²) in [5.41, 5.74) is 1.72. The first kappa shape index (κ1) is 18.7. The summed E-state index contributed by atoms with van der Waals surface area (Å²) >= 11 is 0. The number of carbonyl (C=O) groups is 1. The second-order valence-electron chi connectivity index (χ2n) is 7.53. The highest BCUT2D eigenvalue weighted by Crippen LogP contribution is 2.31. The molecule has 4 rings (SSSR count). The summed E-state index contributed by atoms with van der Waals surface area (Å²) in [5, 5.41) is 3.02. The van der Waals surface area contributed by atoms with Gasteiger partial charge in [-0.05, 0) is 56.0 Å². The van der Waals surface area contributed by atoms with Crippen LogP contribution in [0.1, 0.15) is 41.7 Å². The average molecular weight is 381 g/mol. The summed E-state index contributed by atoms with van der Waals surface area (Å²) in [4.78, 5) is 19.1. The molecular weight excluding hydrogens is 354 g/mol. The van der Waals surface area contributed by atoms with Gasteiger partial charge in [0.15, 0.2) is 11.5 Å². The molecule has 0 atom stereocenters. The first-order valence-electron chi connectivity index (χ1n) is 9.99. The third-order valence-electron chi connectivity index (χ3n) is 5.28. The van der Waals surface area contributed by atoms with E-state index < -0.39 is 0 Å². The van der Waals surface area contributed by atoms with Gasteiger partial charge in [0.2, 0.25) is 0 Å². The van der Waals surface area contributed by atoms with Crippen LogP contribution in [-0.2, 0) is 6.54 Å². The highest BCUT2D eigenvalue weighted by molar-refractivity contribution is 5.95. The Morgan fingerprint density at radius 1 is 1.14 bits per heavy atom. The van der Waals surface area contributed by atoms with Crippen molar-refractivity contribution in [2.24, 2.45) is 0 Å². The Bertz CT molecular complexity index is 800. The number of methoxy groups -OCH3 is 1. The largest absolute Gasteiger partial charge is 0.493 e. The van der Waals surface area contributed by atoms with Gasteiger partial charge in [0.1, 0.15) is 6.10 Å². The smallest absolute Gasteiger partial charge is 0.251 e. The van der Waals surface area contributed by atoms with Crippen molar-refractivity contribution in [3.05, 3.63) is 53.9 Å². The number of nitrogens with zero attached hydrogens (tertiary/aromatic N) is 2. The van der Waals surface area contributed by atoms with Crippen LogP contribution in [0, 0.1) is 0 Å². The molecule has 28 heavy (non-hydrogen) atoms. The zero-order valence-electron chi connectivity index (χ0n) is 16.3. The van der Waals surface area contributed by atoms with E-state index in [1.165, 1.54) is 0 Å². The van der Waals surface area contributed by atoms with Crippen LogP contribution in [0.15, 0.2) is 42.6 Å². The number of hydrogen-bond donors (Lipinski definition) is 1. The van der Waals surface area contributed by atoms with Gasteiger partial charge in [0.05, 0.1) is 12.8 Å². The average Bonchev–Trinajstić information content (AvgIpc) is 3.54. The third kappa shape index (κ3) is 4.81. The molecule has 0 radical (unpaired) electrons. The van der Waals surface area contributed by atoms with Gasteiger partial charge in [-0.3, -0.25) is 14.7 Å². The van der Waals surface area contributed by atoms with Gasteiger partial charge in [-0.1, -0.05) is 6.07 Å². The Morgan fingerprint density at radius 2 is 1.96 bits per heavy atom. The molecule has 2 aliphatic rings. The third-order valence-corrected chi connectivity index (χ3v) is 5.28. The number of benzene rings is 1. The number of amides is 1. The second kappa shape index (κ2) is 8.61. The van der Waals surface area contributed by atoms with Crippen molar-refractivity contribution in [3.63, 3.8) is 0 Å². The molecule has 148 valence electrons. The minimum Gasteiger partial charge on any atom is -0.493 e. The number of nitrogens with one attached hydrogen (secondary N) is 1. The summed E-state index contributed by atoms with van der Waals surface area (Å²) in [5.74, 6) is 1.27. The van der Waals surface area contributed by atoms with E-state index in [9.17, 15) is 4.79 Å². The lowest BCUT2D eigenvalue weighted by molar-refractivity contribution is 0.0919. The standard InChI is InChI=1S/C22H27N3O3/c1-27-20-8-5-16(22(26)24-17-6-7-17)14-21(20)28-19-9-12-25(13-10-19)15-18-4-2-3-11-23-18/h2-5,8,11,14,17,19H,6-7,9-10,12-13,15H2,1H3,(H,24,26). The van der Waals surface area contributed by atoms with E-state index in [0.29, 0.717) is 23.1 Å². The Balaban J connectivity index is 1.35. The molecule has 2 fully saturated rings. The molecule has 0 bridgehead atoms. The first-order valence-corrected chi connectivity index (χ1v) is 9.99. The molecule has 1 aromatic carbocycles. The van der Waals surface area contributed by atoms with Crippen molar-refractivity contribution in [2.75, 3.05) is 20.2 Å². The van der Waals surface area contributed by atoms with E-state index >= 15 is 0 Å². The minimum atomic E-state index is -0.0415. The summed E-state index contributed by atoms with van der Waals surface area (Å²) < 4.78 is 11.7. The molecular formula is C22H27N3O3. The minimum absolute atomic E-state index is 0.0415. The number of aromatic nitrogens is 1. The maximum Gasteiger partial charge on any atom is 0.251 e. The van der Waals surface area contributed by atoms with Crippen molar-refractivity contribution >= 4 is 5.91 Å². The number of ether oxygens (including phenoxy) is 2. The van der Waals surface area contributed by atoms with Gasteiger partial charge >= 0.3 is 0 Å². The lowest BCUT2D eigenvalue weighted by Crippen LogP contribution is -2.38. The summed E-state index contributed by atoms with van der Waals surface area (Å²) in [6, 6.07) is 11.8. The van der Waals surface area contributed by atoms with Crippen molar-refractivity contribution in [3.8, 4) is 11.5 Å². The van der Waals surface area contributed by atoms with E-state index in [4.69, 9.17) is 9.47 Å². The van der Waals surface area contributed by atoms with Crippen LogP contribution in [-0.4, -0.2) is 48.1 Å². The maximum absolute atomic E-state index is 12.3. The van der Waals surface area contributed by atoms with Crippen molar-refractivity contribution < 1.29 is 14.3 Å². The van der Waals surface area contributed by atoms with Crippen LogP contribution in [0.5, 0.6) is 11.5 Å². The molecule has 0 spiro atoms. The topological polar surface area (TPSA) is 63.7 Å². The van der Waals surface area contributed by atoms with Gasteiger partial charge in [-0.25, -0.2) is 0 Å². The summed E-state index contributed by atoms with van der Waals surface area (Å²) in [6.45, 7) is 2.80. The molecule has 1 aliphatic carbocycles. The highest BCUT2D eigenvalue weighted by Gasteiger charge is 2.25. The van der Waals surface area contributed by atoms with E-state index in [1.807, 2.05) is 24.4 Å². The van der Waals surface area contributed by atoms with Crippen molar-refractivity contribution in [2.45, 2.75) is 44.4 Å². The van der Waals surface area contributed by atoms with Gasteiger partial charge in [-0.2, -0.15) is 0 Å². The maximum atomic E-state index is 12.3. The molecule has 1 saturated heterocycles. The van der Waals surface area contributed by atoms with E-state index in [2.05, 4.69) is 21.3 Å². The quantitative estimate of drug-likeness (QED) is 0.799. The predicted molar refractivity (Wildman–Crippen MR) is 107 cm³/mol. The van der Waals surface area contributed by atoms with Crippen LogP contribution in [0.25, 0.3) is 0 Å². The number of piperidine rings is 1. The lowest BCUT2D eigenvalue weighted by Gasteiger charge is -2.32. The molecule has 2 heterocycles. The molecule has 6 heteroatoms. The predicted octanol–water partition coefficient (Wildman–Crippen LogP) is 3.03. The molecule has 1 N–H and O–H groups in total. The number of pyridine rings is 1. The molecule has 0 unspecified atom stereocenters. The number of carbonyl (C=O) groups excluding carboxylic acids is 1. The van der Waals surface area contributed by atoms with Crippen LogP contribution in [0.4, 0.5) is 0 Å². The van der Waals surface area contributed by atoms with E-state index in [0.717, 1.165) is 51.0 Å². The van der Waals surface area contributed by atoms with Crippen molar-refractivity contribution in [1.82, 2.24) is 15.2 Å². The van der Waals surface area contributed by atoms with Crippen LogP contribution >= 0.6 is 0 Å². The SMILES string of the molecule is COc1ccc(C(=O)NC2CC2)cc1OC1CCN(Cc2ccccn2)CC1. The fraction of sp³-hybridized carbons (Fsp3) is 0.455. The zero-order chi connectivity index (χ0) is 19.3. The zero-order valence-corrected chi connectivity index (χ0v) is 16.3. The lowest BCUT2D eigenvalue weighted by atomic mass is 10.1. The Morgan fingerprint density at radius 3 is 2.64 bits per heavy atom. The normalized spacial score (nSPS) is 17.9. The van der Waals surface area contributed by atoms with Gasteiger partial charge in [-0.15, -0.1) is 0 Å². The fourth-order valence-corrected chi connectivity index (χ4v) is 3.49. The Labute approximate surface area is 165 Å². The van der Waals surface area contributed by atoms with Gasteiger partial charge in [0.25, 0.3) is 5.91 Å². The van der Waals surface area contributed by atoms with Gasteiger partial charge < -0.3 is 14.8 Å². The molecule has 1 aliphatic heterocycles. The van der Waals surface area contributed by atoms with Gasteiger partial charge in [0, 0.05) is 37.4 Å². The first-order chi connectivity index (χ1) is 13.7. The van der Waals surface area contributed by atoms with Crippen LogP contribution in [0.3, 0.4) is 0 Å². The number of likely N-dealkylation sites (tertiary alicyclic amines) is 1. The van der Waals surface area contributed by atoms with Crippen LogP contribution < -0.4 is 14.8 Å². The fourth-order valence-electron chi connectivity index (χ4n) is 3.49. The Hall–Kier alpha value is -2.60. The van der Waals surface area contributed by atoms with E-state index in [1.54, 1.807) is 19.2 Å².